The molecule has 5 nitrogen and oxygen atoms in total. The van der Waals surface area contributed by atoms with Crippen molar-refractivity contribution in [2.24, 2.45) is 0 Å². The number of hydrogen-bond donors (Lipinski definition) is 3. The Labute approximate surface area is 96.7 Å². The molecule has 0 bridgehead atoms. The SMILES string of the molecule is CCNCCCC(=O)NC/C=C\C(=O)NC. The highest BCUT2D eigenvalue weighted by Gasteiger charge is 1.98. The molecule has 0 saturated carbocycles. The summed E-state index contributed by atoms with van der Waals surface area (Å²) in [6.45, 7) is 4.21. The molecule has 92 valence electrons. The van der Waals surface area contributed by atoms with Gasteiger partial charge < -0.3 is 16.0 Å². The Morgan fingerprint density at radius 2 is 2.06 bits per heavy atom. The predicted octanol–water partition coefficient (Wildman–Crippen LogP) is -0.205. The predicted molar refractivity (Wildman–Crippen MR) is 64.0 cm³/mol. The molecule has 0 spiro atoms. The number of likely N-dealkylation sites (N-methyl/N-ethyl adjacent to an activating group) is 1. The quantitative estimate of drug-likeness (QED) is 0.397. The van der Waals surface area contributed by atoms with Gasteiger partial charge >= 0.3 is 0 Å². The molecule has 0 rings (SSSR count). The summed E-state index contributed by atoms with van der Waals surface area (Å²) in [5, 5.41) is 8.31. The van der Waals surface area contributed by atoms with E-state index in [-0.39, 0.29) is 11.8 Å². The van der Waals surface area contributed by atoms with E-state index in [1.54, 1.807) is 13.1 Å². The highest BCUT2D eigenvalue weighted by molar-refractivity contribution is 5.87. The molecule has 0 atom stereocenters. The first-order chi connectivity index (χ1) is 7.70. The van der Waals surface area contributed by atoms with Crippen LogP contribution in [0, 0.1) is 0 Å². The molecule has 0 aliphatic carbocycles. The van der Waals surface area contributed by atoms with Crippen LogP contribution in [0.2, 0.25) is 0 Å². The van der Waals surface area contributed by atoms with Gasteiger partial charge in [-0.1, -0.05) is 13.0 Å². The van der Waals surface area contributed by atoms with Gasteiger partial charge in [0.2, 0.25) is 11.8 Å². The minimum atomic E-state index is -0.165. The van der Waals surface area contributed by atoms with Crippen molar-refractivity contribution in [3.8, 4) is 0 Å². The molecule has 16 heavy (non-hydrogen) atoms. The molecule has 3 N–H and O–H groups in total. The highest BCUT2D eigenvalue weighted by Crippen LogP contribution is 1.86. The van der Waals surface area contributed by atoms with E-state index in [1.807, 2.05) is 6.92 Å². The monoisotopic (exact) mass is 227 g/mol. The third-order valence-corrected chi connectivity index (χ3v) is 1.94. The number of rotatable bonds is 8. The largest absolute Gasteiger partial charge is 0.356 e. The lowest BCUT2D eigenvalue weighted by atomic mass is 10.3. The maximum Gasteiger partial charge on any atom is 0.243 e. The van der Waals surface area contributed by atoms with E-state index in [2.05, 4.69) is 16.0 Å². The molecule has 5 heteroatoms. The van der Waals surface area contributed by atoms with Gasteiger partial charge in [-0.25, -0.2) is 0 Å². The van der Waals surface area contributed by atoms with Crippen LogP contribution in [0.3, 0.4) is 0 Å². The van der Waals surface area contributed by atoms with Gasteiger partial charge in [0.05, 0.1) is 0 Å². The van der Waals surface area contributed by atoms with E-state index < -0.39 is 0 Å². The molecular formula is C11H21N3O2. The van der Waals surface area contributed by atoms with Crippen molar-refractivity contribution in [3.63, 3.8) is 0 Å². The van der Waals surface area contributed by atoms with Crippen LogP contribution in [0.25, 0.3) is 0 Å². The molecule has 0 heterocycles. The summed E-state index contributed by atoms with van der Waals surface area (Å²) >= 11 is 0. The van der Waals surface area contributed by atoms with E-state index in [1.165, 1.54) is 6.08 Å². The average molecular weight is 227 g/mol. The van der Waals surface area contributed by atoms with E-state index in [0.29, 0.717) is 13.0 Å². The van der Waals surface area contributed by atoms with Crippen molar-refractivity contribution < 1.29 is 9.59 Å². The van der Waals surface area contributed by atoms with Crippen LogP contribution in [-0.2, 0) is 9.59 Å². The van der Waals surface area contributed by atoms with Crippen LogP contribution in [-0.4, -0.2) is 38.5 Å². The van der Waals surface area contributed by atoms with Crippen molar-refractivity contribution in [1.82, 2.24) is 16.0 Å². The molecule has 0 unspecified atom stereocenters. The number of carbonyl (C=O) groups is 2. The maximum absolute atomic E-state index is 11.2. The molecule has 0 aliphatic rings. The molecule has 0 aromatic carbocycles. The molecule has 0 saturated heterocycles. The lowest BCUT2D eigenvalue weighted by Crippen LogP contribution is -2.25. The van der Waals surface area contributed by atoms with E-state index in [9.17, 15) is 9.59 Å². The van der Waals surface area contributed by atoms with Gasteiger partial charge in [0.15, 0.2) is 0 Å². The van der Waals surface area contributed by atoms with Crippen molar-refractivity contribution in [3.05, 3.63) is 12.2 Å². The van der Waals surface area contributed by atoms with E-state index in [0.717, 1.165) is 19.5 Å². The number of amides is 2. The summed E-state index contributed by atoms with van der Waals surface area (Å²) in [5.74, 6) is -0.152. The maximum atomic E-state index is 11.2. The first-order valence-corrected chi connectivity index (χ1v) is 5.56. The van der Waals surface area contributed by atoms with Crippen LogP contribution in [0.1, 0.15) is 19.8 Å². The lowest BCUT2D eigenvalue weighted by Gasteiger charge is -2.02. The highest BCUT2D eigenvalue weighted by atomic mass is 16.2. The molecule has 0 fully saturated rings. The molecule has 2 amide bonds. The zero-order valence-corrected chi connectivity index (χ0v) is 10.0. The molecule has 0 aromatic heterocycles. The topological polar surface area (TPSA) is 70.2 Å². The smallest absolute Gasteiger partial charge is 0.243 e. The minimum Gasteiger partial charge on any atom is -0.356 e. The second-order valence-electron chi connectivity index (χ2n) is 3.28. The third-order valence-electron chi connectivity index (χ3n) is 1.94. The zero-order chi connectivity index (χ0) is 12.2. The molecular weight excluding hydrogens is 206 g/mol. The first kappa shape index (κ1) is 14.6. The number of nitrogens with one attached hydrogen (secondary N) is 3. The van der Waals surface area contributed by atoms with Crippen LogP contribution in [0.15, 0.2) is 12.2 Å². The normalized spacial score (nSPS) is 10.4. The van der Waals surface area contributed by atoms with Crippen molar-refractivity contribution >= 4 is 11.8 Å². The number of hydrogen-bond acceptors (Lipinski definition) is 3. The van der Waals surface area contributed by atoms with Crippen molar-refractivity contribution in [2.75, 3.05) is 26.7 Å². The van der Waals surface area contributed by atoms with Crippen molar-refractivity contribution in [2.45, 2.75) is 19.8 Å². The molecule has 0 aliphatic heterocycles. The van der Waals surface area contributed by atoms with Crippen LogP contribution in [0.5, 0.6) is 0 Å². The fraction of sp³-hybridized carbons (Fsp3) is 0.636. The first-order valence-electron chi connectivity index (χ1n) is 5.56. The standard InChI is InChI=1S/C11H21N3O2/c1-3-13-8-4-7-11(16)14-9-5-6-10(15)12-2/h5-6,13H,3-4,7-9H2,1-2H3,(H,12,15)(H,14,16)/b6-5-. The summed E-state index contributed by atoms with van der Waals surface area (Å²) in [6.07, 6.45) is 4.37. The lowest BCUT2D eigenvalue weighted by molar-refractivity contribution is -0.121. The summed E-state index contributed by atoms with van der Waals surface area (Å²) < 4.78 is 0. The Kier molecular flexibility index (Phi) is 9.30. The van der Waals surface area contributed by atoms with Gasteiger partial charge in [0, 0.05) is 26.1 Å². The van der Waals surface area contributed by atoms with E-state index in [4.69, 9.17) is 0 Å². The minimum absolute atomic E-state index is 0.0134. The van der Waals surface area contributed by atoms with Crippen LogP contribution < -0.4 is 16.0 Å². The summed E-state index contributed by atoms with van der Waals surface area (Å²) in [7, 11) is 1.56. The van der Waals surface area contributed by atoms with Gasteiger partial charge in [-0.05, 0) is 19.5 Å². The second kappa shape index (κ2) is 10.2. The summed E-state index contributed by atoms with van der Waals surface area (Å²) in [6, 6.07) is 0. The van der Waals surface area contributed by atoms with E-state index >= 15 is 0 Å². The fourth-order valence-corrected chi connectivity index (χ4v) is 1.06. The Morgan fingerprint density at radius 3 is 2.69 bits per heavy atom. The molecule has 0 radical (unpaired) electrons. The Morgan fingerprint density at radius 1 is 1.31 bits per heavy atom. The van der Waals surface area contributed by atoms with Gasteiger partial charge in [-0.2, -0.15) is 0 Å². The second-order valence-corrected chi connectivity index (χ2v) is 3.28. The number of carbonyl (C=O) groups excluding carboxylic acids is 2. The third kappa shape index (κ3) is 9.21. The fourth-order valence-electron chi connectivity index (χ4n) is 1.06. The zero-order valence-electron chi connectivity index (χ0n) is 10.0. The summed E-state index contributed by atoms with van der Waals surface area (Å²) in [5.41, 5.74) is 0. The van der Waals surface area contributed by atoms with Gasteiger partial charge in [-0.3, -0.25) is 9.59 Å². The summed E-state index contributed by atoms with van der Waals surface area (Å²) in [4.78, 5) is 22.0. The Bertz CT molecular complexity index is 239. The van der Waals surface area contributed by atoms with Crippen LogP contribution in [0.4, 0.5) is 0 Å². The Balaban J connectivity index is 3.43. The molecule has 0 aromatic rings. The van der Waals surface area contributed by atoms with Crippen molar-refractivity contribution in [1.29, 1.82) is 0 Å². The van der Waals surface area contributed by atoms with Gasteiger partial charge in [0.1, 0.15) is 0 Å². The van der Waals surface area contributed by atoms with Crippen LogP contribution >= 0.6 is 0 Å². The average Bonchev–Trinajstić information content (AvgIpc) is 2.30. The van der Waals surface area contributed by atoms with Gasteiger partial charge in [-0.15, -0.1) is 0 Å². The van der Waals surface area contributed by atoms with Gasteiger partial charge in [0.25, 0.3) is 0 Å². The Hall–Kier alpha value is -1.36.